The fourth-order valence-electron chi connectivity index (χ4n) is 20.7. The first kappa shape index (κ1) is 57.2. The van der Waals surface area contributed by atoms with E-state index in [2.05, 4.69) is 195 Å². The lowest BCUT2D eigenvalue weighted by atomic mass is 9.63. The van der Waals surface area contributed by atoms with E-state index in [-0.39, 0.29) is 5.92 Å². The molecule has 5 fully saturated rings. The molecule has 10 bridgehead atoms. The Balaban J connectivity index is 0.000000108. The monoisotopic (exact) mass is 1370 g/mol. The highest BCUT2D eigenvalue weighted by molar-refractivity contribution is 5.68. The van der Waals surface area contributed by atoms with Gasteiger partial charge in [0.2, 0.25) is 28.5 Å². The first-order chi connectivity index (χ1) is 53.5. The van der Waals surface area contributed by atoms with Crippen molar-refractivity contribution in [2.75, 3.05) is 0 Å². The van der Waals surface area contributed by atoms with Crippen LogP contribution in [0.3, 0.4) is 0 Å². The summed E-state index contributed by atoms with van der Waals surface area (Å²) in [5.41, 5.74) is 36.3. The van der Waals surface area contributed by atoms with Gasteiger partial charge in [-0.3, -0.25) is 0 Å². The van der Waals surface area contributed by atoms with Crippen molar-refractivity contribution in [3.63, 3.8) is 0 Å². The molecule has 10 aromatic rings. The molecule has 103 heavy (non-hydrogen) atoms. The lowest BCUT2D eigenvalue weighted by Gasteiger charge is -2.41. The largest absolute Gasteiger partial charge is 0.212 e. The van der Waals surface area contributed by atoms with Gasteiger partial charge in [-0.1, -0.05) is 109 Å². The fourth-order valence-corrected chi connectivity index (χ4v) is 20.7. The molecule has 528 valence electrons. The third-order valence-corrected chi connectivity index (χ3v) is 26.9. The summed E-state index contributed by atoms with van der Waals surface area (Å²) in [4.78, 5) is 0. The molecule has 5 heteroatoms. The molecule has 5 nitrogen and oxygen atoms in total. The number of aromatic nitrogens is 5. The smallest absolute Gasteiger partial charge is 0.201 e. The van der Waals surface area contributed by atoms with Crippen LogP contribution in [0.1, 0.15) is 266 Å². The lowest BCUT2D eigenvalue weighted by molar-refractivity contribution is -0.661. The zero-order chi connectivity index (χ0) is 81.5. The Hall–Kier alpha value is -8.15. The van der Waals surface area contributed by atoms with Crippen molar-refractivity contribution in [3.05, 3.63) is 264 Å². The normalized spacial score (nSPS) is 28.5. The fraction of sp³-hybridized carbons (Fsp3) is 0.439. The predicted octanol–water partition coefficient (Wildman–Crippen LogP) is 21.0. The highest BCUT2D eigenvalue weighted by Crippen LogP contribution is 2.68. The summed E-state index contributed by atoms with van der Waals surface area (Å²) in [6.45, 7) is 20.2. The maximum atomic E-state index is 8.77. The van der Waals surface area contributed by atoms with Crippen molar-refractivity contribution in [1.29, 1.82) is 0 Å². The van der Waals surface area contributed by atoms with Gasteiger partial charge in [0.25, 0.3) is 0 Å². The molecule has 22 rings (SSSR count). The molecule has 6 atom stereocenters. The topological polar surface area (TPSA) is 19.4 Å². The molecule has 0 saturated heterocycles. The van der Waals surface area contributed by atoms with Crippen LogP contribution < -0.4 is 22.8 Å². The van der Waals surface area contributed by atoms with E-state index in [9.17, 15) is 0 Å². The van der Waals surface area contributed by atoms with Crippen LogP contribution >= 0.6 is 0 Å². The Morgan fingerprint density at radius 2 is 0.777 bits per heavy atom. The lowest BCUT2D eigenvalue weighted by Crippen LogP contribution is -2.37. The van der Waals surface area contributed by atoms with E-state index in [0.717, 1.165) is 86.8 Å². The molecule has 0 spiro atoms. The SMILES string of the molecule is Cc1ccc(-c2cc3c(c[n+]2C)C2(C)CCC3C2(C)C)c(C)c1.Cc1ccc(-c2cc3c(c[n+]2C)C2CCC3C2)c(C)c1.Cc1ccc(-c2cc3c(c[n+]2C)CC2CC3C2)c(C)c1.[2H]C([2H])([2H])c1ccc(-c2cc3c(c[n+]2C)C([2H])([2H])C2CC3([2H])C2)c(C)c1.[2H]C([2H])([2H])c1ccc(-c2cc3c(c[n+]2C)C2([2H])CCC3([2H])C2)c(C)c1. The summed E-state index contributed by atoms with van der Waals surface area (Å²) >= 11 is 0. The minimum atomic E-state index is -2.14. The van der Waals surface area contributed by atoms with Crippen molar-refractivity contribution in [1.82, 2.24) is 0 Å². The van der Waals surface area contributed by atoms with Gasteiger partial charge in [0.05, 0.1) is 0 Å². The second-order valence-corrected chi connectivity index (χ2v) is 34.1. The standard InChI is InChI=1S/C22H28N.4C19H22N/c1-14-7-8-16(15(2)11-14)20-12-17-18-9-10-22(5,21(18,3)4)19(17)13-23(20)6;2*1-12-4-7-16(13(2)8-12)19-10-17-14-5-6-15(9-14)18(17)11-20(19)3;2*1-12-4-5-17(13(2)6-12)19-10-18-15-7-14(8-15)9-16(18)11-20(19)3/h7-8,11-13,18H,9-10H2,1-6H3;2*4,7-8,10-11,14-15H,5-6,9H2,1-3H3;2*4-6,10-11,14-15H,7-9H2,1-3H3/q5*+1/i;1D3,14D,15D;;1D3,9D2,15D;. The van der Waals surface area contributed by atoms with E-state index in [4.69, 9.17) is 15.1 Å². The third-order valence-electron chi connectivity index (χ3n) is 26.9. The van der Waals surface area contributed by atoms with E-state index in [1.807, 2.05) is 67.7 Å². The van der Waals surface area contributed by atoms with Gasteiger partial charge in [0, 0.05) is 106 Å². The first-order valence-corrected chi connectivity index (χ1v) is 38.6. The zero-order valence-corrected chi connectivity index (χ0v) is 64.3. The van der Waals surface area contributed by atoms with Crippen molar-refractivity contribution in [2.45, 2.75) is 226 Å². The van der Waals surface area contributed by atoms with E-state index in [1.54, 1.807) is 57.6 Å². The van der Waals surface area contributed by atoms with Gasteiger partial charge < -0.3 is 0 Å². The zero-order valence-electron chi connectivity index (χ0n) is 75.3. The van der Waals surface area contributed by atoms with E-state index in [0.29, 0.717) is 52.7 Å². The number of pyridine rings is 5. The Bertz CT molecular complexity index is 5540. The van der Waals surface area contributed by atoms with Crippen LogP contribution in [-0.4, -0.2) is 0 Å². The molecule has 0 radical (unpaired) electrons. The van der Waals surface area contributed by atoms with Gasteiger partial charge in [-0.05, 0) is 304 Å². The maximum Gasteiger partial charge on any atom is 0.212 e. The highest BCUT2D eigenvalue weighted by atomic mass is 15.0. The highest BCUT2D eigenvalue weighted by Gasteiger charge is 2.60. The summed E-state index contributed by atoms with van der Waals surface area (Å²) in [7, 11) is 10.4. The van der Waals surface area contributed by atoms with Gasteiger partial charge in [-0.15, -0.1) is 0 Å². The van der Waals surface area contributed by atoms with Gasteiger partial charge in [-0.25, -0.2) is 22.8 Å². The summed E-state index contributed by atoms with van der Waals surface area (Å²) in [6.07, 6.45) is 23.9. The van der Waals surface area contributed by atoms with Crippen LogP contribution in [0, 0.1) is 86.3 Å². The van der Waals surface area contributed by atoms with E-state index < -0.39 is 37.8 Å². The van der Waals surface area contributed by atoms with Crippen molar-refractivity contribution in [3.8, 4) is 56.3 Å². The number of hydrogen-bond donors (Lipinski definition) is 0. The van der Waals surface area contributed by atoms with Crippen LogP contribution in [0.4, 0.5) is 0 Å². The Morgan fingerprint density at radius 3 is 1.29 bits per heavy atom. The van der Waals surface area contributed by atoms with Crippen LogP contribution in [0.2, 0.25) is 0 Å². The minimum absolute atomic E-state index is 0.0707. The van der Waals surface area contributed by atoms with Crippen LogP contribution in [-0.2, 0) is 53.4 Å². The predicted molar refractivity (Wildman–Crippen MR) is 423 cm³/mol. The molecular weight excluding hydrogens is 1250 g/mol. The minimum Gasteiger partial charge on any atom is -0.201 e. The molecule has 0 N–H and O–H groups in total. The number of aryl methyl sites for hydroxylation is 15. The maximum absolute atomic E-state index is 8.77. The summed E-state index contributed by atoms with van der Waals surface area (Å²) < 4.78 is 99.4. The molecule has 5 heterocycles. The Kier molecular flexibility index (Phi) is 14.7. The molecule has 0 aliphatic heterocycles. The number of fused-ring (bicyclic) bond motifs is 15. The second-order valence-electron chi connectivity index (χ2n) is 34.1. The molecule has 0 amide bonds. The number of hydrogen-bond acceptors (Lipinski definition) is 0. The van der Waals surface area contributed by atoms with Crippen molar-refractivity contribution >= 4 is 0 Å². The van der Waals surface area contributed by atoms with Crippen LogP contribution in [0.15, 0.2) is 152 Å². The molecule has 12 aliphatic rings. The van der Waals surface area contributed by atoms with Crippen LogP contribution in [0.25, 0.3) is 56.3 Å². The number of nitrogens with zero attached hydrogens (tertiary/aromatic N) is 5. The molecular formula is C98H116N5+5. The van der Waals surface area contributed by atoms with Gasteiger partial charge in [0.1, 0.15) is 35.2 Å². The van der Waals surface area contributed by atoms with Crippen molar-refractivity contribution in [2.24, 2.45) is 52.5 Å². The van der Waals surface area contributed by atoms with Gasteiger partial charge >= 0.3 is 0 Å². The average Bonchev–Trinajstić information content (AvgIpc) is 0.938. The number of benzene rings is 5. The first-order valence-electron chi connectivity index (χ1n) is 44.1. The van der Waals surface area contributed by atoms with Gasteiger partial charge in [-0.2, -0.15) is 0 Å². The summed E-state index contributed by atoms with van der Waals surface area (Å²) in [5, 5.41) is 0. The Labute approximate surface area is 633 Å². The quantitative estimate of drug-likeness (QED) is 0.153. The summed E-state index contributed by atoms with van der Waals surface area (Å²) in [5.74, 6) is 2.18. The molecule has 6 unspecified atom stereocenters. The Morgan fingerprint density at radius 1 is 0.359 bits per heavy atom. The van der Waals surface area contributed by atoms with Crippen molar-refractivity contribution < 1.29 is 37.9 Å². The van der Waals surface area contributed by atoms with Crippen LogP contribution in [0.5, 0.6) is 0 Å². The van der Waals surface area contributed by atoms with Gasteiger partial charge in [0.15, 0.2) is 31.0 Å². The molecule has 12 aliphatic carbocycles. The molecule has 5 saturated carbocycles. The number of rotatable bonds is 5. The molecule has 5 aromatic carbocycles. The second kappa shape index (κ2) is 26.5. The van der Waals surface area contributed by atoms with E-state index in [1.165, 1.54) is 119 Å². The third kappa shape index (κ3) is 12.3. The molecule has 5 aromatic heterocycles. The van der Waals surface area contributed by atoms with E-state index >= 15 is 0 Å². The summed E-state index contributed by atoms with van der Waals surface area (Å²) in [6, 6.07) is 42.2. The average molecular weight is 1380 g/mol.